The molecule has 3 heteroatoms. The Balaban J connectivity index is 2.18. The molecule has 21 heavy (non-hydrogen) atoms. The quantitative estimate of drug-likeness (QED) is 0.663. The third kappa shape index (κ3) is 2.65. The predicted molar refractivity (Wildman–Crippen MR) is 91.2 cm³/mol. The van der Waals surface area contributed by atoms with Crippen molar-refractivity contribution in [2.45, 2.75) is 13.0 Å². The molecule has 2 N–H and O–H groups in total. The Morgan fingerprint density at radius 2 is 1.52 bits per heavy atom. The fraction of sp³-hybridized carbons (Fsp3) is 0.111. The fourth-order valence-electron chi connectivity index (χ4n) is 2.67. The zero-order valence-corrected chi connectivity index (χ0v) is 13.1. The van der Waals surface area contributed by atoms with Gasteiger partial charge in [-0.25, -0.2) is 0 Å². The van der Waals surface area contributed by atoms with Gasteiger partial charge in [0.1, 0.15) is 0 Å². The van der Waals surface area contributed by atoms with E-state index in [2.05, 4.69) is 31.2 Å². The summed E-state index contributed by atoms with van der Waals surface area (Å²) < 4.78 is 0. The van der Waals surface area contributed by atoms with Crippen LogP contribution in [0.4, 0.5) is 0 Å². The van der Waals surface area contributed by atoms with Crippen LogP contribution in [0.25, 0.3) is 10.8 Å². The standard InChI is InChI=1S/C18H15Cl2N/c1-11-6-8-15(14-5-3-2-4-13(11)14)18(21)16-9-7-12(19)10-17(16)20/h2-10,18H,21H2,1H3. The van der Waals surface area contributed by atoms with E-state index in [9.17, 15) is 0 Å². The zero-order chi connectivity index (χ0) is 15.0. The number of rotatable bonds is 2. The molecule has 0 amide bonds. The van der Waals surface area contributed by atoms with E-state index in [1.54, 1.807) is 6.07 Å². The number of halogens is 2. The SMILES string of the molecule is Cc1ccc(C(N)c2ccc(Cl)cc2Cl)c2ccccc12. The van der Waals surface area contributed by atoms with Gasteiger partial charge in [0.25, 0.3) is 0 Å². The maximum atomic E-state index is 6.46. The van der Waals surface area contributed by atoms with Crippen molar-refractivity contribution in [3.8, 4) is 0 Å². The lowest BCUT2D eigenvalue weighted by Crippen LogP contribution is -2.13. The second kappa shape index (κ2) is 5.69. The first kappa shape index (κ1) is 14.4. The Morgan fingerprint density at radius 3 is 2.24 bits per heavy atom. The molecular formula is C18H15Cl2N. The number of hydrogen-bond donors (Lipinski definition) is 1. The summed E-state index contributed by atoms with van der Waals surface area (Å²) in [6, 6.07) is 17.6. The van der Waals surface area contributed by atoms with Gasteiger partial charge in [0, 0.05) is 10.0 Å². The molecule has 0 saturated heterocycles. The molecule has 0 aliphatic rings. The third-order valence-corrected chi connectivity index (χ3v) is 4.37. The molecule has 0 bridgehead atoms. The van der Waals surface area contributed by atoms with Gasteiger partial charge in [-0.3, -0.25) is 0 Å². The lowest BCUT2D eigenvalue weighted by Gasteiger charge is -2.17. The van der Waals surface area contributed by atoms with Crippen LogP contribution in [0.2, 0.25) is 10.0 Å². The highest BCUT2D eigenvalue weighted by molar-refractivity contribution is 6.35. The summed E-state index contributed by atoms with van der Waals surface area (Å²) in [5.41, 5.74) is 9.65. The molecule has 0 spiro atoms. The van der Waals surface area contributed by atoms with Crippen molar-refractivity contribution in [1.82, 2.24) is 0 Å². The highest BCUT2D eigenvalue weighted by Crippen LogP contribution is 2.33. The van der Waals surface area contributed by atoms with E-state index in [1.807, 2.05) is 24.3 Å². The molecule has 0 heterocycles. The highest BCUT2D eigenvalue weighted by Gasteiger charge is 2.15. The summed E-state index contributed by atoms with van der Waals surface area (Å²) >= 11 is 12.3. The molecule has 3 rings (SSSR count). The smallest absolute Gasteiger partial charge is 0.0572 e. The molecule has 0 saturated carbocycles. The van der Waals surface area contributed by atoms with Crippen molar-refractivity contribution >= 4 is 34.0 Å². The largest absolute Gasteiger partial charge is 0.320 e. The van der Waals surface area contributed by atoms with Crippen LogP contribution < -0.4 is 5.73 Å². The van der Waals surface area contributed by atoms with Gasteiger partial charge in [-0.15, -0.1) is 0 Å². The molecule has 0 aliphatic heterocycles. The van der Waals surface area contributed by atoms with E-state index < -0.39 is 0 Å². The normalized spacial score (nSPS) is 12.6. The van der Waals surface area contributed by atoms with Crippen molar-refractivity contribution in [3.63, 3.8) is 0 Å². The minimum atomic E-state index is -0.278. The first-order chi connectivity index (χ1) is 10.1. The number of nitrogens with two attached hydrogens (primary N) is 1. The summed E-state index contributed by atoms with van der Waals surface area (Å²) in [5.74, 6) is 0. The highest BCUT2D eigenvalue weighted by atomic mass is 35.5. The molecule has 0 aromatic heterocycles. The van der Waals surface area contributed by atoms with Crippen LogP contribution >= 0.6 is 23.2 Å². The van der Waals surface area contributed by atoms with E-state index in [1.165, 1.54) is 10.9 Å². The van der Waals surface area contributed by atoms with Crippen LogP contribution in [-0.2, 0) is 0 Å². The fourth-order valence-corrected chi connectivity index (χ4v) is 3.19. The number of fused-ring (bicyclic) bond motifs is 1. The second-order valence-electron chi connectivity index (χ2n) is 5.16. The van der Waals surface area contributed by atoms with Crippen molar-refractivity contribution in [2.75, 3.05) is 0 Å². The van der Waals surface area contributed by atoms with E-state index in [4.69, 9.17) is 28.9 Å². The second-order valence-corrected chi connectivity index (χ2v) is 6.00. The Morgan fingerprint density at radius 1 is 0.857 bits per heavy atom. The molecule has 1 atom stereocenters. The van der Waals surface area contributed by atoms with E-state index in [0.29, 0.717) is 10.0 Å². The van der Waals surface area contributed by atoms with Crippen LogP contribution in [0.1, 0.15) is 22.7 Å². The molecular weight excluding hydrogens is 301 g/mol. The zero-order valence-electron chi connectivity index (χ0n) is 11.6. The molecule has 0 radical (unpaired) electrons. The van der Waals surface area contributed by atoms with Gasteiger partial charge >= 0.3 is 0 Å². The van der Waals surface area contributed by atoms with Crippen LogP contribution in [-0.4, -0.2) is 0 Å². The van der Waals surface area contributed by atoms with Crippen LogP contribution in [0, 0.1) is 6.92 Å². The average Bonchev–Trinajstić information content (AvgIpc) is 2.47. The molecule has 0 aliphatic carbocycles. The van der Waals surface area contributed by atoms with Gasteiger partial charge in [0.15, 0.2) is 0 Å². The molecule has 3 aromatic carbocycles. The average molecular weight is 316 g/mol. The van der Waals surface area contributed by atoms with Gasteiger partial charge in [-0.2, -0.15) is 0 Å². The Kier molecular flexibility index (Phi) is 3.90. The molecule has 1 nitrogen and oxygen atoms in total. The monoisotopic (exact) mass is 315 g/mol. The molecule has 1 unspecified atom stereocenters. The summed E-state index contributed by atoms with van der Waals surface area (Å²) in [4.78, 5) is 0. The lowest BCUT2D eigenvalue weighted by atomic mass is 9.92. The third-order valence-electron chi connectivity index (χ3n) is 3.81. The first-order valence-electron chi connectivity index (χ1n) is 6.76. The number of benzene rings is 3. The summed E-state index contributed by atoms with van der Waals surface area (Å²) in [5, 5.41) is 3.59. The maximum Gasteiger partial charge on any atom is 0.0572 e. The van der Waals surface area contributed by atoms with Crippen LogP contribution in [0.5, 0.6) is 0 Å². The Labute approximate surface area is 134 Å². The van der Waals surface area contributed by atoms with Gasteiger partial charge in [-0.05, 0) is 46.5 Å². The van der Waals surface area contributed by atoms with Crippen LogP contribution in [0.15, 0.2) is 54.6 Å². The topological polar surface area (TPSA) is 26.0 Å². The summed E-state index contributed by atoms with van der Waals surface area (Å²) in [6.45, 7) is 2.10. The Hall–Kier alpha value is -1.54. The van der Waals surface area contributed by atoms with Crippen LogP contribution in [0.3, 0.4) is 0 Å². The Bertz CT molecular complexity index is 811. The minimum Gasteiger partial charge on any atom is -0.320 e. The maximum absolute atomic E-state index is 6.46. The van der Waals surface area contributed by atoms with Crippen molar-refractivity contribution < 1.29 is 0 Å². The summed E-state index contributed by atoms with van der Waals surface area (Å²) in [7, 11) is 0. The first-order valence-corrected chi connectivity index (χ1v) is 7.52. The predicted octanol–water partition coefficient (Wildman–Crippen LogP) is 5.50. The van der Waals surface area contributed by atoms with Crippen molar-refractivity contribution in [3.05, 3.63) is 81.3 Å². The van der Waals surface area contributed by atoms with Gasteiger partial charge < -0.3 is 5.73 Å². The lowest BCUT2D eigenvalue weighted by molar-refractivity contribution is 0.881. The van der Waals surface area contributed by atoms with E-state index >= 15 is 0 Å². The van der Waals surface area contributed by atoms with E-state index in [-0.39, 0.29) is 6.04 Å². The van der Waals surface area contributed by atoms with Crippen molar-refractivity contribution in [2.24, 2.45) is 5.73 Å². The van der Waals surface area contributed by atoms with Gasteiger partial charge in [0.05, 0.1) is 6.04 Å². The molecule has 0 fully saturated rings. The molecule has 106 valence electrons. The number of hydrogen-bond acceptors (Lipinski definition) is 1. The number of aryl methyl sites for hydroxylation is 1. The van der Waals surface area contributed by atoms with Gasteiger partial charge in [0.2, 0.25) is 0 Å². The van der Waals surface area contributed by atoms with E-state index in [0.717, 1.165) is 16.5 Å². The summed E-state index contributed by atoms with van der Waals surface area (Å²) in [6.07, 6.45) is 0. The minimum absolute atomic E-state index is 0.278. The van der Waals surface area contributed by atoms with Crippen molar-refractivity contribution in [1.29, 1.82) is 0 Å². The molecule has 3 aromatic rings. The van der Waals surface area contributed by atoms with Gasteiger partial charge in [-0.1, -0.05) is 65.7 Å².